The third-order valence-electron chi connectivity index (χ3n) is 3.33. The summed E-state index contributed by atoms with van der Waals surface area (Å²) >= 11 is 6.16. The fraction of sp³-hybridized carbons (Fsp3) is 0.176. The van der Waals surface area contributed by atoms with Crippen molar-refractivity contribution in [2.45, 2.75) is 6.61 Å². The minimum atomic E-state index is -0.437. The van der Waals surface area contributed by atoms with Crippen molar-refractivity contribution in [3.63, 3.8) is 0 Å². The second-order valence-electron chi connectivity index (χ2n) is 5.06. The molecule has 1 aromatic heterocycles. The summed E-state index contributed by atoms with van der Waals surface area (Å²) in [5.74, 6) is 0.163. The maximum absolute atomic E-state index is 11.8. The van der Waals surface area contributed by atoms with Crippen LogP contribution in [0.5, 0.6) is 5.75 Å². The number of rotatable bonds is 5. The third kappa shape index (κ3) is 3.63. The van der Waals surface area contributed by atoms with Gasteiger partial charge < -0.3 is 9.47 Å². The lowest BCUT2D eigenvalue weighted by atomic mass is 10.1. The molecule has 118 valence electrons. The van der Waals surface area contributed by atoms with Crippen LogP contribution in [0, 0.1) is 0 Å². The highest BCUT2D eigenvalue weighted by atomic mass is 35.5. The van der Waals surface area contributed by atoms with Gasteiger partial charge in [0.1, 0.15) is 12.4 Å². The van der Waals surface area contributed by atoms with Crippen LogP contribution in [0.3, 0.4) is 0 Å². The molecule has 5 nitrogen and oxygen atoms in total. The SMILES string of the molecule is Cn1cc(COC(=O)COc2ccc(Cl)c3ccccc23)cn1. The zero-order valence-electron chi connectivity index (χ0n) is 12.5. The second kappa shape index (κ2) is 6.71. The summed E-state index contributed by atoms with van der Waals surface area (Å²) in [6.45, 7) is 0.0172. The topological polar surface area (TPSA) is 53.4 Å². The van der Waals surface area contributed by atoms with Crippen molar-refractivity contribution in [2.24, 2.45) is 7.05 Å². The van der Waals surface area contributed by atoms with E-state index in [-0.39, 0.29) is 13.2 Å². The normalized spacial score (nSPS) is 10.7. The van der Waals surface area contributed by atoms with Gasteiger partial charge in [0, 0.05) is 34.6 Å². The number of aryl methyl sites for hydroxylation is 1. The van der Waals surface area contributed by atoms with Gasteiger partial charge in [0.05, 0.1) is 6.20 Å². The Labute approximate surface area is 138 Å². The number of ether oxygens (including phenoxy) is 2. The van der Waals surface area contributed by atoms with Crippen molar-refractivity contribution in [1.82, 2.24) is 9.78 Å². The molecule has 0 saturated carbocycles. The average Bonchev–Trinajstić information content (AvgIpc) is 2.98. The lowest BCUT2D eigenvalue weighted by Gasteiger charge is -2.10. The second-order valence-corrected chi connectivity index (χ2v) is 5.47. The summed E-state index contributed by atoms with van der Waals surface area (Å²) in [5, 5.41) is 6.40. The number of carbonyl (C=O) groups excluding carboxylic acids is 1. The zero-order chi connectivity index (χ0) is 16.2. The summed E-state index contributed by atoms with van der Waals surface area (Å²) in [6.07, 6.45) is 3.45. The molecule has 0 saturated heterocycles. The molecule has 23 heavy (non-hydrogen) atoms. The first-order valence-electron chi connectivity index (χ1n) is 7.06. The Hall–Kier alpha value is -2.53. The molecule has 3 rings (SSSR count). The molecule has 0 N–H and O–H groups in total. The first-order chi connectivity index (χ1) is 11.1. The van der Waals surface area contributed by atoms with Gasteiger partial charge in [0.15, 0.2) is 6.61 Å². The van der Waals surface area contributed by atoms with Gasteiger partial charge in [-0.3, -0.25) is 4.68 Å². The first kappa shape index (κ1) is 15.4. The van der Waals surface area contributed by atoms with E-state index in [2.05, 4.69) is 5.10 Å². The lowest BCUT2D eigenvalue weighted by Crippen LogP contribution is -2.14. The van der Waals surface area contributed by atoms with Gasteiger partial charge in [-0.2, -0.15) is 5.10 Å². The molecule has 2 aromatic carbocycles. The lowest BCUT2D eigenvalue weighted by molar-refractivity contribution is -0.147. The fourth-order valence-corrected chi connectivity index (χ4v) is 2.48. The summed E-state index contributed by atoms with van der Waals surface area (Å²) in [6, 6.07) is 11.1. The number of hydrogen-bond acceptors (Lipinski definition) is 4. The third-order valence-corrected chi connectivity index (χ3v) is 3.66. The molecule has 0 aliphatic carbocycles. The largest absolute Gasteiger partial charge is 0.481 e. The van der Waals surface area contributed by atoms with Crippen molar-refractivity contribution in [2.75, 3.05) is 6.61 Å². The highest BCUT2D eigenvalue weighted by Gasteiger charge is 2.09. The highest BCUT2D eigenvalue weighted by Crippen LogP contribution is 2.31. The van der Waals surface area contributed by atoms with Crippen molar-refractivity contribution < 1.29 is 14.3 Å². The minimum Gasteiger partial charge on any atom is -0.481 e. The number of fused-ring (bicyclic) bond motifs is 1. The standard InChI is InChI=1S/C17H15ClN2O3/c1-20-9-12(8-19-20)10-23-17(21)11-22-16-7-6-15(18)13-4-2-3-5-14(13)16/h2-9H,10-11H2,1H3. The van der Waals surface area contributed by atoms with Gasteiger partial charge in [-0.05, 0) is 12.1 Å². The van der Waals surface area contributed by atoms with Crippen LogP contribution in [0.25, 0.3) is 10.8 Å². The molecule has 6 heteroatoms. The molecule has 0 fully saturated rings. The summed E-state index contributed by atoms with van der Waals surface area (Å²) in [5.41, 5.74) is 0.831. The fourth-order valence-electron chi connectivity index (χ4n) is 2.25. The number of benzene rings is 2. The molecule has 3 aromatic rings. The molecular weight excluding hydrogens is 316 g/mol. The van der Waals surface area contributed by atoms with E-state index < -0.39 is 5.97 Å². The Morgan fingerprint density at radius 1 is 1.22 bits per heavy atom. The van der Waals surface area contributed by atoms with Gasteiger partial charge in [0.25, 0.3) is 0 Å². The number of esters is 1. The predicted octanol–water partition coefficient (Wildman–Crippen LogP) is 3.35. The number of nitrogens with zero attached hydrogens (tertiary/aromatic N) is 2. The van der Waals surface area contributed by atoms with Crippen LogP contribution < -0.4 is 4.74 Å². The Balaban J connectivity index is 1.62. The summed E-state index contributed by atoms with van der Waals surface area (Å²) in [4.78, 5) is 11.8. The van der Waals surface area contributed by atoms with Crippen LogP contribution in [-0.4, -0.2) is 22.4 Å². The van der Waals surface area contributed by atoms with Gasteiger partial charge >= 0.3 is 5.97 Å². The van der Waals surface area contributed by atoms with E-state index in [1.165, 1.54) is 0 Å². The number of hydrogen-bond donors (Lipinski definition) is 0. The highest BCUT2D eigenvalue weighted by molar-refractivity contribution is 6.35. The maximum Gasteiger partial charge on any atom is 0.344 e. The Morgan fingerprint density at radius 2 is 2.00 bits per heavy atom. The molecule has 1 heterocycles. The summed E-state index contributed by atoms with van der Waals surface area (Å²) in [7, 11) is 1.81. The van der Waals surface area contributed by atoms with Gasteiger partial charge in [-0.15, -0.1) is 0 Å². The molecule has 0 aliphatic heterocycles. The van der Waals surface area contributed by atoms with E-state index in [1.807, 2.05) is 24.3 Å². The van der Waals surface area contributed by atoms with Crippen LogP contribution in [0.1, 0.15) is 5.56 Å². The van der Waals surface area contributed by atoms with E-state index in [4.69, 9.17) is 21.1 Å². The molecule has 0 unspecified atom stereocenters. The Morgan fingerprint density at radius 3 is 2.74 bits per heavy atom. The van der Waals surface area contributed by atoms with Gasteiger partial charge in [0.2, 0.25) is 0 Å². The van der Waals surface area contributed by atoms with Crippen molar-refractivity contribution in [3.05, 3.63) is 59.4 Å². The van der Waals surface area contributed by atoms with Crippen LogP contribution in [-0.2, 0) is 23.2 Å². The predicted molar refractivity (Wildman–Crippen MR) is 87.5 cm³/mol. The molecular formula is C17H15ClN2O3. The average molecular weight is 331 g/mol. The number of carbonyl (C=O) groups is 1. The number of aromatic nitrogens is 2. The van der Waals surface area contributed by atoms with E-state index in [9.17, 15) is 4.79 Å². The smallest absolute Gasteiger partial charge is 0.344 e. The molecule has 0 amide bonds. The minimum absolute atomic E-state index is 0.161. The van der Waals surface area contributed by atoms with Crippen molar-refractivity contribution in [3.8, 4) is 5.75 Å². The zero-order valence-corrected chi connectivity index (χ0v) is 13.3. The van der Waals surface area contributed by atoms with Crippen molar-refractivity contribution >= 4 is 28.3 Å². The molecule has 0 bridgehead atoms. The molecule has 0 atom stereocenters. The van der Waals surface area contributed by atoms with Crippen LogP contribution in [0.15, 0.2) is 48.8 Å². The molecule has 0 radical (unpaired) electrons. The van der Waals surface area contributed by atoms with Gasteiger partial charge in [-0.1, -0.05) is 35.9 Å². The van der Waals surface area contributed by atoms with Crippen LogP contribution in [0.2, 0.25) is 5.02 Å². The quantitative estimate of drug-likeness (QED) is 0.673. The van der Waals surface area contributed by atoms with Crippen LogP contribution in [0.4, 0.5) is 0 Å². The maximum atomic E-state index is 11.8. The van der Waals surface area contributed by atoms with E-state index in [0.717, 1.165) is 16.3 Å². The summed E-state index contributed by atoms with van der Waals surface area (Å²) < 4.78 is 12.4. The Bertz CT molecular complexity index is 845. The van der Waals surface area contributed by atoms with E-state index >= 15 is 0 Å². The van der Waals surface area contributed by atoms with E-state index in [0.29, 0.717) is 10.8 Å². The Kier molecular flexibility index (Phi) is 4.48. The molecule has 0 aliphatic rings. The van der Waals surface area contributed by atoms with Crippen molar-refractivity contribution in [1.29, 1.82) is 0 Å². The molecule has 0 spiro atoms. The van der Waals surface area contributed by atoms with E-state index in [1.54, 1.807) is 36.3 Å². The number of halogens is 1. The monoisotopic (exact) mass is 330 g/mol. The first-order valence-corrected chi connectivity index (χ1v) is 7.44. The van der Waals surface area contributed by atoms with Gasteiger partial charge in [-0.25, -0.2) is 4.79 Å². The van der Waals surface area contributed by atoms with Crippen LogP contribution >= 0.6 is 11.6 Å².